The standard InChI is InChI=1S/C12H26N2/c1-10(2)9-12(4)14-7-5-11(3)13-6-8-14/h10-13H,5-9H2,1-4H3. The molecule has 1 heterocycles. The Morgan fingerprint density at radius 3 is 2.64 bits per heavy atom. The van der Waals surface area contributed by atoms with Crippen LogP contribution in [0.15, 0.2) is 0 Å². The Labute approximate surface area is 89.1 Å². The molecule has 1 saturated heterocycles. The summed E-state index contributed by atoms with van der Waals surface area (Å²) in [5.74, 6) is 0.818. The number of hydrogen-bond donors (Lipinski definition) is 1. The highest BCUT2D eigenvalue weighted by Gasteiger charge is 2.18. The van der Waals surface area contributed by atoms with Crippen molar-refractivity contribution in [1.82, 2.24) is 10.2 Å². The molecule has 0 aromatic rings. The Kier molecular flexibility index (Phi) is 4.90. The highest BCUT2D eigenvalue weighted by Crippen LogP contribution is 2.13. The lowest BCUT2D eigenvalue weighted by atomic mass is 10.0. The maximum absolute atomic E-state index is 3.54. The molecule has 1 rings (SSSR count). The Balaban J connectivity index is 2.35. The Morgan fingerprint density at radius 2 is 2.00 bits per heavy atom. The zero-order chi connectivity index (χ0) is 10.6. The van der Waals surface area contributed by atoms with Crippen LogP contribution in [0.4, 0.5) is 0 Å². The highest BCUT2D eigenvalue weighted by atomic mass is 15.2. The van der Waals surface area contributed by atoms with E-state index in [1.54, 1.807) is 0 Å². The van der Waals surface area contributed by atoms with E-state index in [4.69, 9.17) is 0 Å². The number of rotatable bonds is 3. The van der Waals surface area contributed by atoms with Crippen molar-refractivity contribution in [3.05, 3.63) is 0 Å². The molecule has 0 amide bonds. The summed E-state index contributed by atoms with van der Waals surface area (Å²) in [6.45, 7) is 12.9. The molecule has 1 aliphatic heterocycles. The van der Waals surface area contributed by atoms with Crippen LogP contribution in [-0.2, 0) is 0 Å². The molecule has 1 N–H and O–H groups in total. The van der Waals surface area contributed by atoms with E-state index in [-0.39, 0.29) is 0 Å². The normalized spacial score (nSPS) is 27.6. The van der Waals surface area contributed by atoms with E-state index >= 15 is 0 Å². The second-order valence-corrected chi connectivity index (χ2v) is 5.16. The summed E-state index contributed by atoms with van der Waals surface area (Å²) >= 11 is 0. The maximum Gasteiger partial charge on any atom is 0.0110 e. The third-order valence-electron chi connectivity index (χ3n) is 3.18. The van der Waals surface area contributed by atoms with Crippen LogP contribution in [0.1, 0.15) is 40.5 Å². The third kappa shape index (κ3) is 3.97. The molecule has 1 fully saturated rings. The molecule has 0 saturated carbocycles. The van der Waals surface area contributed by atoms with Crippen molar-refractivity contribution >= 4 is 0 Å². The monoisotopic (exact) mass is 198 g/mol. The molecule has 2 atom stereocenters. The van der Waals surface area contributed by atoms with Gasteiger partial charge in [-0.15, -0.1) is 0 Å². The molecule has 0 aromatic heterocycles. The van der Waals surface area contributed by atoms with Gasteiger partial charge in [0.05, 0.1) is 0 Å². The van der Waals surface area contributed by atoms with Crippen LogP contribution in [0.25, 0.3) is 0 Å². The van der Waals surface area contributed by atoms with E-state index in [1.807, 2.05) is 0 Å². The average Bonchev–Trinajstić information content (AvgIpc) is 2.28. The van der Waals surface area contributed by atoms with Gasteiger partial charge in [0.15, 0.2) is 0 Å². The minimum absolute atomic E-state index is 0.700. The lowest BCUT2D eigenvalue weighted by molar-refractivity contribution is 0.197. The summed E-state index contributed by atoms with van der Waals surface area (Å²) < 4.78 is 0. The summed E-state index contributed by atoms with van der Waals surface area (Å²) in [6, 6.07) is 1.45. The molecule has 0 aromatic carbocycles. The molecule has 84 valence electrons. The smallest absolute Gasteiger partial charge is 0.0110 e. The second kappa shape index (κ2) is 5.72. The minimum Gasteiger partial charge on any atom is -0.313 e. The van der Waals surface area contributed by atoms with Gasteiger partial charge in [0.25, 0.3) is 0 Å². The lowest BCUT2D eigenvalue weighted by Crippen LogP contribution is -2.36. The average molecular weight is 198 g/mol. The molecule has 0 spiro atoms. The maximum atomic E-state index is 3.54. The zero-order valence-corrected chi connectivity index (χ0v) is 10.2. The predicted molar refractivity (Wildman–Crippen MR) is 62.6 cm³/mol. The van der Waals surface area contributed by atoms with Gasteiger partial charge in [-0.3, -0.25) is 4.90 Å². The van der Waals surface area contributed by atoms with Crippen LogP contribution >= 0.6 is 0 Å². The van der Waals surface area contributed by atoms with Crippen molar-refractivity contribution in [1.29, 1.82) is 0 Å². The van der Waals surface area contributed by atoms with Gasteiger partial charge >= 0.3 is 0 Å². The molecular formula is C12H26N2. The van der Waals surface area contributed by atoms with Crippen LogP contribution < -0.4 is 5.32 Å². The Hall–Kier alpha value is -0.0800. The van der Waals surface area contributed by atoms with Gasteiger partial charge in [0, 0.05) is 25.2 Å². The Bertz CT molecular complexity index is 156. The van der Waals surface area contributed by atoms with Crippen molar-refractivity contribution < 1.29 is 0 Å². The van der Waals surface area contributed by atoms with Crippen molar-refractivity contribution in [2.75, 3.05) is 19.6 Å². The van der Waals surface area contributed by atoms with E-state index in [1.165, 1.54) is 25.9 Å². The minimum atomic E-state index is 0.700. The van der Waals surface area contributed by atoms with Crippen LogP contribution in [0.3, 0.4) is 0 Å². The third-order valence-corrected chi connectivity index (χ3v) is 3.18. The van der Waals surface area contributed by atoms with Gasteiger partial charge in [0.2, 0.25) is 0 Å². The quantitative estimate of drug-likeness (QED) is 0.747. The lowest BCUT2D eigenvalue weighted by Gasteiger charge is -2.28. The second-order valence-electron chi connectivity index (χ2n) is 5.16. The molecule has 0 aliphatic carbocycles. The van der Waals surface area contributed by atoms with Gasteiger partial charge < -0.3 is 5.32 Å². The number of nitrogens with one attached hydrogen (secondary N) is 1. The first-order valence-electron chi connectivity index (χ1n) is 6.07. The summed E-state index contributed by atoms with van der Waals surface area (Å²) in [4.78, 5) is 2.64. The predicted octanol–water partition coefficient (Wildman–Crippen LogP) is 2.10. The molecule has 2 unspecified atom stereocenters. The fourth-order valence-electron chi connectivity index (χ4n) is 2.30. The fourth-order valence-corrected chi connectivity index (χ4v) is 2.30. The van der Waals surface area contributed by atoms with Gasteiger partial charge in [-0.05, 0) is 39.2 Å². The topological polar surface area (TPSA) is 15.3 Å². The molecule has 2 heteroatoms. The van der Waals surface area contributed by atoms with Crippen LogP contribution in [0.5, 0.6) is 0 Å². The van der Waals surface area contributed by atoms with E-state index in [0.717, 1.165) is 18.5 Å². The SMILES string of the molecule is CC(C)CC(C)N1CCNC(C)CC1. The van der Waals surface area contributed by atoms with E-state index in [0.29, 0.717) is 6.04 Å². The van der Waals surface area contributed by atoms with Gasteiger partial charge in [-0.2, -0.15) is 0 Å². The first-order valence-corrected chi connectivity index (χ1v) is 6.07. The van der Waals surface area contributed by atoms with Crippen molar-refractivity contribution in [3.63, 3.8) is 0 Å². The van der Waals surface area contributed by atoms with Crippen molar-refractivity contribution in [2.24, 2.45) is 5.92 Å². The van der Waals surface area contributed by atoms with Gasteiger partial charge in [-0.25, -0.2) is 0 Å². The van der Waals surface area contributed by atoms with Crippen molar-refractivity contribution in [2.45, 2.75) is 52.6 Å². The fraction of sp³-hybridized carbons (Fsp3) is 1.00. The molecule has 1 aliphatic rings. The first kappa shape index (κ1) is 12.0. The number of nitrogens with zero attached hydrogens (tertiary/aromatic N) is 1. The number of hydrogen-bond acceptors (Lipinski definition) is 2. The first-order chi connectivity index (χ1) is 6.59. The van der Waals surface area contributed by atoms with E-state index in [9.17, 15) is 0 Å². The summed E-state index contributed by atoms with van der Waals surface area (Å²) in [5.41, 5.74) is 0. The van der Waals surface area contributed by atoms with E-state index < -0.39 is 0 Å². The van der Waals surface area contributed by atoms with Crippen LogP contribution in [0, 0.1) is 5.92 Å². The molecule has 14 heavy (non-hydrogen) atoms. The van der Waals surface area contributed by atoms with Crippen molar-refractivity contribution in [3.8, 4) is 0 Å². The molecular weight excluding hydrogens is 172 g/mol. The summed E-state index contributed by atoms with van der Waals surface area (Å²) in [5, 5.41) is 3.54. The summed E-state index contributed by atoms with van der Waals surface area (Å²) in [6.07, 6.45) is 2.62. The van der Waals surface area contributed by atoms with E-state index in [2.05, 4.69) is 37.9 Å². The van der Waals surface area contributed by atoms with Gasteiger partial charge in [0.1, 0.15) is 0 Å². The Morgan fingerprint density at radius 1 is 1.29 bits per heavy atom. The zero-order valence-electron chi connectivity index (χ0n) is 10.2. The van der Waals surface area contributed by atoms with Crippen LogP contribution in [-0.4, -0.2) is 36.6 Å². The van der Waals surface area contributed by atoms with Gasteiger partial charge in [-0.1, -0.05) is 13.8 Å². The molecule has 0 bridgehead atoms. The molecule has 2 nitrogen and oxygen atoms in total. The van der Waals surface area contributed by atoms with Crippen LogP contribution in [0.2, 0.25) is 0 Å². The molecule has 0 radical (unpaired) electrons. The summed E-state index contributed by atoms with van der Waals surface area (Å²) in [7, 11) is 0. The largest absolute Gasteiger partial charge is 0.313 e. The highest BCUT2D eigenvalue weighted by molar-refractivity contribution is 4.76.